The summed E-state index contributed by atoms with van der Waals surface area (Å²) in [5.74, 6) is 0. The van der Waals surface area contributed by atoms with Crippen LogP contribution in [0.5, 0.6) is 0 Å². The van der Waals surface area contributed by atoms with Crippen LogP contribution in [-0.4, -0.2) is 43.6 Å². The Morgan fingerprint density at radius 1 is 1.44 bits per heavy atom. The maximum Gasteiger partial charge on any atom is 0.0635 e. The summed E-state index contributed by atoms with van der Waals surface area (Å²) in [6.45, 7) is 3.66. The molecular weight excluding hydrogens is 268 g/mol. The molecule has 0 aromatic rings. The van der Waals surface area contributed by atoms with Crippen molar-refractivity contribution in [1.29, 1.82) is 5.26 Å². The Labute approximate surface area is 107 Å². The quantitative estimate of drug-likeness (QED) is 0.644. The van der Waals surface area contributed by atoms with Gasteiger partial charge in [-0.2, -0.15) is 5.26 Å². The minimum absolute atomic E-state index is 0.462. The van der Waals surface area contributed by atoms with Crippen LogP contribution in [0.25, 0.3) is 0 Å². The second-order valence-electron chi connectivity index (χ2n) is 4.66. The van der Waals surface area contributed by atoms with Gasteiger partial charge in [0, 0.05) is 38.5 Å². The number of hydrogen-bond donors (Lipinski definition) is 0. The molecule has 1 rings (SSSR count). The zero-order chi connectivity index (χ0) is 11.9. The molecule has 16 heavy (non-hydrogen) atoms. The van der Waals surface area contributed by atoms with Crippen molar-refractivity contribution in [2.75, 3.05) is 38.7 Å². The van der Waals surface area contributed by atoms with E-state index in [1.54, 1.807) is 7.11 Å². The van der Waals surface area contributed by atoms with Crippen LogP contribution in [0.1, 0.15) is 25.7 Å². The van der Waals surface area contributed by atoms with E-state index in [1.165, 1.54) is 19.3 Å². The Kier molecular flexibility index (Phi) is 6.33. The highest BCUT2D eigenvalue weighted by atomic mass is 79.9. The molecule has 0 bridgehead atoms. The maximum atomic E-state index is 8.65. The van der Waals surface area contributed by atoms with Gasteiger partial charge in [-0.1, -0.05) is 22.4 Å². The molecule has 0 heterocycles. The van der Waals surface area contributed by atoms with E-state index in [1.807, 2.05) is 0 Å². The van der Waals surface area contributed by atoms with Gasteiger partial charge in [-0.25, -0.2) is 0 Å². The monoisotopic (exact) mass is 288 g/mol. The molecule has 1 fully saturated rings. The number of methoxy groups -OCH3 is 1. The fraction of sp³-hybridized carbons (Fsp3) is 0.917. The first-order valence-electron chi connectivity index (χ1n) is 5.90. The van der Waals surface area contributed by atoms with E-state index in [0.29, 0.717) is 11.8 Å². The molecule has 0 atom stereocenters. The average Bonchev–Trinajstić information content (AvgIpc) is 2.26. The van der Waals surface area contributed by atoms with Crippen LogP contribution < -0.4 is 0 Å². The second kappa shape index (κ2) is 7.26. The predicted octanol–water partition coefficient (Wildman–Crippen LogP) is 2.41. The second-order valence-corrected chi connectivity index (χ2v) is 5.22. The summed E-state index contributed by atoms with van der Waals surface area (Å²) >= 11 is 3.63. The number of nitriles is 1. The molecule has 1 aliphatic carbocycles. The number of nitrogens with zero attached hydrogens (tertiary/aromatic N) is 2. The summed E-state index contributed by atoms with van der Waals surface area (Å²) in [6.07, 6.45) is 4.59. The fourth-order valence-electron chi connectivity index (χ4n) is 2.18. The largest absolute Gasteiger partial charge is 0.383 e. The lowest BCUT2D eigenvalue weighted by Crippen LogP contribution is -2.44. The molecule has 3 nitrogen and oxygen atoms in total. The molecule has 4 heteroatoms. The average molecular weight is 289 g/mol. The number of halogens is 1. The highest BCUT2D eigenvalue weighted by molar-refractivity contribution is 9.09. The molecule has 0 aliphatic heterocycles. The summed E-state index contributed by atoms with van der Waals surface area (Å²) in [5.41, 5.74) is 0.462. The maximum absolute atomic E-state index is 8.65. The molecule has 1 aliphatic rings. The molecule has 1 saturated carbocycles. The number of alkyl halides is 1. The molecule has 0 N–H and O–H groups in total. The Bertz CT molecular complexity index is 230. The fourth-order valence-corrected chi connectivity index (χ4v) is 2.92. The summed E-state index contributed by atoms with van der Waals surface area (Å²) in [5, 5.41) is 9.73. The van der Waals surface area contributed by atoms with Crippen molar-refractivity contribution in [3.8, 4) is 6.07 Å². The van der Waals surface area contributed by atoms with Crippen molar-refractivity contribution in [2.45, 2.75) is 25.7 Å². The molecule has 0 aromatic heterocycles. The van der Waals surface area contributed by atoms with Gasteiger partial charge in [0.25, 0.3) is 0 Å². The van der Waals surface area contributed by atoms with E-state index in [-0.39, 0.29) is 0 Å². The first-order chi connectivity index (χ1) is 7.76. The lowest BCUT2D eigenvalue weighted by molar-refractivity contribution is 0.0717. The summed E-state index contributed by atoms with van der Waals surface area (Å²) in [7, 11) is 1.73. The van der Waals surface area contributed by atoms with Crippen LogP contribution in [0.2, 0.25) is 0 Å². The van der Waals surface area contributed by atoms with Gasteiger partial charge in [0.05, 0.1) is 12.7 Å². The summed E-state index contributed by atoms with van der Waals surface area (Å²) in [4.78, 5) is 2.37. The van der Waals surface area contributed by atoms with Crippen molar-refractivity contribution in [3.63, 3.8) is 0 Å². The van der Waals surface area contributed by atoms with E-state index >= 15 is 0 Å². The van der Waals surface area contributed by atoms with Gasteiger partial charge in [-0.05, 0) is 18.3 Å². The third kappa shape index (κ3) is 4.04. The zero-order valence-electron chi connectivity index (χ0n) is 10.0. The van der Waals surface area contributed by atoms with Crippen LogP contribution in [0.15, 0.2) is 0 Å². The smallest absolute Gasteiger partial charge is 0.0635 e. The van der Waals surface area contributed by atoms with Gasteiger partial charge in [0.1, 0.15) is 0 Å². The topological polar surface area (TPSA) is 36.3 Å². The minimum Gasteiger partial charge on any atom is -0.383 e. The van der Waals surface area contributed by atoms with E-state index in [4.69, 9.17) is 10.00 Å². The van der Waals surface area contributed by atoms with Crippen LogP contribution in [0.4, 0.5) is 0 Å². The van der Waals surface area contributed by atoms with Crippen LogP contribution in [-0.2, 0) is 4.74 Å². The third-order valence-corrected chi connectivity index (χ3v) is 4.60. The van der Waals surface area contributed by atoms with E-state index in [0.717, 1.165) is 31.6 Å². The molecule has 0 unspecified atom stereocenters. The lowest BCUT2D eigenvalue weighted by atomic mass is 9.70. The first kappa shape index (κ1) is 14.0. The molecule has 0 aromatic carbocycles. The molecule has 92 valence electrons. The Hall–Kier alpha value is -0.110. The number of rotatable bonds is 8. The van der Waals surface area contributed by atoms with Crippen molar-refractivity contribution >= 4 is 15.9 Å². The van der Waals surface area contributed by atoms with E-state index in [2.05, 4.69) is 26.9 Å². The molecule has 0 saturated heterocycles. The SMILES string of the molecule is COCCN(CCC#N)CC1(CBr)CCC1. The predicted molar refractivity (Wildman–Crippen MR) is 68.6 cm³/mol. The van der Waals surface area contributed by atoms with E-state index in [9.17, 15) is 0 Å². The normalized spacial score (nSPS) is 18.1. The molecule has 0 spiro atoms. The summed E-state index contributed by atoms with van der Waals surface area (Å²) in [6, 6.07) is 2.22. The Morgan fingerprint density at radius 2 is 2.19 bits per heavy atom. The van der Waals surface area contributed by atoms with E-state index < -0.39 is 0 Å². The van der Waals surface area contributed by atoms with Crippen molar-refractivity contribution < 1.29 is 4.74 Å². The van der Waals surface area contributed by atoms with Gasteiger partial charge in [0.15, 0.2) is 0 Å². The standard InChI is InChI=1S/C12H21BrN2O/c1-16-9-8-15(7-3-6-14)11-12(10-13)4-2-5-12/h2-5,7-11H2,1H3. The van der Waals surface area contributed by atoms with Gasteiger partial charge in [0.2, 0.25) is 0 Å². The third-order valence-electron chi connectivity index (χ3n) is 3.41. The lowest BCUT2D eigenvalue weighted by Gasteiger charge is -2.44. The minimum atomic E-state index is 0.462. The number of hydrogen-bond acceptors (Lipinski definition) is 3. The molecule has 0 radical (unpaired) electrons. The zero-order valence-corrected chi connectivity index (χ0v) is 11.6. The van der Waals surface area contributed by atoms with Gasteiger partial charge < -0.3 is 4.74 Å². The summed E-state index contributed by atoms with van der Waals surface area (Å²) < 4.78 is 5.12. The highest BCUT2D eigenvalue weighted by Crippen LogP contribution is 2.42. The molecule has 0 amide bonds. The molecular formula is C12H21BrN2O. The van der Waals surface area contributed by atoms with Crippen molar-refractivity contribution in [3.05, 3.63) is 0 Å². The van der Waals surface area contributed by atoms with Gasteiger partial charge in [-0.3, -0.25) is 4.90 Å². The van der Waals surface area contributed by atoms with Crippen molar-refractivity contribution in [2.24, 2.45) is 5.41 Å². The number of ether oxygens (including phenoxy) is 1. The Morgan fingerprint density at radius 3 is 2.62 bits per heavy atom. The first-order valence-corrected chi connectivity index (χ1v) is 7.03. The van der Waals surface area contributed by atoms with Crippen LogP contribution in [0.3, 0.4) is 0 Å². The van der Waals surface area contributed by atoms with Crippen LogP contribution >= 0.6 is 15.9 Å². The van der Waals surface area contributed by atoms with Crippen molar-refractivity contribution in [1.82, 2.24) is 4.90 Å². The van der Waals surface area contributed by atoms with Crippen LogP contribution in [0, 0.1) is 16.7 Å². The van der Waals surface area contributed by atoms with Gasteiger partial charge >= 0.3 is 0 Å². The Balaban J connectivity index is 2.38. The van der Waals surface area contributed by atoms with Gasteiger partial charge in [-0.15, -0.1) is 0 Å². The highest BCUT2D eigenvalue weighted by Gasteiger charge is 2.37.